The molecule has 2 aromatic rings. The summed E-state index contributed by atoms with van der Waals surface area (Å²) in [6.45, 7) is 5.91. The molecule has 0 radical (unpaired) electrons. The lowest BCUT2D eigenvalue weighted by molar-refractivity contribution is 1.12. The molecule has 0 aromatic heterocycles. The predicted octanol–water partition coefficient (Wildman–Crippen LogP) is 6.85. The minimum absolute atomic E-state index is 0.907. The average molecular weight is 376 g/mol. The maximum atomic E-state index is 5.28. The molecule has 0 nitrogen and oxygen atoms in total. The van der Waals surface area contributed by atoms with E-state index in [2.05, 4.69) is 92.1 Å². The Kier molecular flexibility index (Phi) is 9.91. The van der Waals surface area contributed by atoms with Crippen molar-refractivity contribution in [1.82, 2.24) is 0 Å². The highest BCUT2D eigenvalue weighted by Gasteiger charge is 2.06. The molecule has 0 saturated heterocycles. The first-order valence-electron chi connectivity index (χ1n) is 10.1. The van der Waals surface area contributed by atoms with Crippen molar-refractivity contribution in [1.29, 1.82) is 0 Å². The second-order valence-corrected chi connectivity index (χ2v) is 7.01. The van der Waals surface area contributed by atoms with Crippen molar-refractivity contribution < 1.29 is 0 Å². The fourth-order valence-electron chi connectivity index (χ4n) is 3.20. The Bertz CT molecular complexity index is 934. The first kappa shape index (κ1) is 22.1. The Balaban J connectivity index is 2.30. The topological polar surface area (TPSA) is 0 Å². The first-order chi connectivity index (χ1) is 14.2. The molecule has 1 heteroatoms. The SMILES string of the molecule is C#C/C=C\BCCc1ccccc1/C=C(\C/C(C)=C/C=C\C=C)c1ccccc1. The zero-order chi connectivity index (χ0) is 20.7. The van der Waals surface area contributed by atoms with Crippen LogP contribution in [0.15, 0.2) is 103 Å². The highest BCUT2D eigenvalue weighted by molar-refractivity contribution is 6.42. The van der Waals surface area contributed by atoms with Gasteiger partial charge in [0.2, 0.25) is 0 Å². The number of terminal acetylenes is 1. The lowest BCUT2D eigenvalue weighted by Gasteiger charge is -2.11. The van der Waals surface area contributed by atoms with Crippen molar-refractivity contribution in [3.63, 3.8) is 0 Å². The van der Waals surface area contributed by atoms with Gasteiger partial charge in [0.1, 0.15) is 7.28 Å². The van der Waals surface area contributed by atoms with Crippen LogP contribution >= 0.6 is 0 Å². The van der Waals surface area contributed by atoms with E-state index in [9.17, 15) is 0 Å². The highest BCUT2D eigenvalue weighted by atomic mass is 14.1. The van der Waals surface area contributed by atoms with Crippen LogP contribution in [0.4, 0.5) is 0 Å². The van der Waals surface area contributed by atoms with Crippen LogP contribution in [-0.2, 0) is 6.42 Å². The maximum Gasteiger partial charge on any atom is 0.149 e. The standard InChI is InChI=1S/C28H29B/c1-4-6-9-14-24(3)22-28(25-15-10-8-11-16-25)23-27-18-13-12-17-26(27)19-21-29-20-7-5-2/h2,4,6-18,20,23,29H,1,19,21-22H2,3H3/b9-6-,20-7-,24-14+,28-23+. The molecule has 0 amide bonds. The van der Waals surface area contributed by atoms with E-state index < -0.39 is 0 Å². The molecule has 0 bridgehead atoms. The van der Waals surface area contributed by atoms with Gasteiger partial charge in [-0.2, -0.15) is 0 Å². The fourth-order valence-corrected chi connectivity index (χ4v) is 3.20. The Morgan fingerprint density at radius 1 is 1.07 bits per heavy atom. The molecule has 0 aliphatic heterocycles. The summed E-state index contributed by atoms with van der Waals surface area (Å²) in [5, 5.41) is 0. The van der Waals surface area contributed by atoms with E-state index in [1.54, 1.807) is 12.2 Å². The summed E-state index contributed by atoms with van der Waals surface area (Å²) in [4.78, 5) is 0. The van der Waals surface area contributed by atoms with Crippen LogP contribution in [-0.4, -0.2) is 7.28 Å². The number of benzene rings is 2. The van der Waals surface area contributed by atoms with Gasteiger partial charge in [0.25, 0.3) is 0 Å². The summed E-state index contributed by atoms with van der Waals surface area (Å²) in [5.74, 6) is 4.62. The molecule has 0 aliphatic rings. The highest BCUT2D eigenvalue weighted by Crippen LogP contribution is 2.27. The molecular formula is C28H29B. The number of aryl methyl sites for hydroxylation is 1. The van der Waals surface area contributed by atoms with E-state index in [4.69, 9.17) is 6.42 Å². The van der Waals surface area contributed by atoms with Crippen LogP contribution in [0, 0.1) is 12.3 Å². The quantitative estimate of drug-likeness (QED) is 0.140. The molecule has 2 rings (SSSR count). The summed E-state index contributed by atoms with van der Waals surface area (Å²) in [7, 11) is 1.01. The van der Waals surface area contributed by atoms with Crippen molar-refractivity contribution in [3.05, 3.63) is 120 Å². The van der Waals surface area contributed by atoms with Crippen LogP contribution in [0.2, 0.25) is 6.32 Å². The Morgan fingerprint density at radius 2 is 1.83 bits per heavy atom. The van der Waals surface area contributed by atoms with Crippen LogP contribution < -0.4 is 0 Å². The molecule has 0 spiro atoms. The number of rotatable bonds is 10. The van der Waals surface area contributed by atoms with Gasteiger partial charge >= 0.3 is 0 Å². The van der Waals surface area contributed by atoms with Gasteiger partial charge in [-0.3, -0.25) is 0 Å². The molecule has 0 N–H and O–H groups in total. The monoisotopic (exact) mass is 376 g/mol. The normalized spacial score (nSPS) is 12.3. The summed E-state index contributed by atoms with van der Waals surface area (Å²) < 4.78 is 0. The maximum absolute atomic E-state index is 5.28. The van der Waals surface area contributed by atoms with Gasteiger partial charge in [-0.1, -0.05) is 109 Å². The van der Waals surface area contributed by atoms with Crippen LogP contribution in [0.5, 0.6) is 0 Å². The third-order valence-corrected chi connectivity index (χ3v) is 4.66. The molecule has 29 heavy (non-hydrogen) atoms. The van der Waals surface area contributed by atoms with Crippen LogP contribution in [0.3, 0.4) is 0 Å². The van der Waals surface area contributed by atoms with Crippen molar-refractivity contribution in [2.75, 3.05) is 0 Å². The van der Waals surface area contributed by atoms with Gasteiger partial charge in [0.05, 0.1) is 0 Å². The first-order valence-corrected chi connectivity index (χ1v) is 10.1. The minimum Gasteiger partial charge on any atom is -0.115 e. The van der Waals surface area contributed by atoms with E-state index in [0.29, 0.717) is 0 Å². The van der Waals surface area contributed by atoms with Crippen molar-refractivity contribution in [2.24, 2.45) is 0 Å². The average Bonchev–Trinajstić information content (AvgIpc) is 2.75. The summed E-state index contributed by atoms with van der Waals surface area (Å²) in [6.07, 6.45) is 20.4. The lowest BCUT2D eigenvalue weighted by atomic mass is 9.72. The van der Waals surface area contributed by atoms with Crippen LogP contribution in [0.1, 0.15) is 30.0 Å². The molecule has 0 atom stereocenters. The van der Waals surface area contributed by atoms with Gasteiger partial charge in [0.15, 0.2) is 0 Å². The van der Waals surface area contributed by atoms with Crippen LogP contribution in [0.25, 0.3) is 11.6 Å². The van der Waals surface area contributed by atoms with Crippen molar-refractivity contribution in [2.45, 2.75) is 26.1 Å². The van der Waals surface area contributed by atoms with E-state index in [1.807, 2.05) is 12.2 Å². The smallest absolute Gasteiger partial charge is 0.115 e. The van der Waals surface area contributed by atoms with Gasteiger partial charge < -0.3 is 0 Å². The Labute approximate surface area is 177 Å². The lowest BCUT2D eigenvalue weighted by Crippen LogP contribution is -1.94. The summed E-state index contributed by atoms with van der Waals surface area (Å²) >= 11 is 0. The molecule has 0 heterocycles. The molecule has 0 saturated carbocycles. The largest absolute Gasteiger partial charge is 0.149 e. The Morgan fingerprint density at radius 3 is 2.59 bits per heavy atom. The second-order valence-electron chi connectivity index (χ2n) is 7.01. The zero-order valence-electron chi connectivity index (χ0n) is 17.4. The molecule has 0 aliphatic carbocycles. The van der Waals surface area contributed by atoms with E-state index in [1.165, 1.54) is 27.8 Å². The molecular weight excluding hydrogens is 347 g/mol. The summed E-state index contributed by atoms with van der Waals surface area (Å²) in [6, 6.07) is 19.3. The van der Waals surface area contributed by atoms with E-state index in [-0.39, 0.29) is 0 Å². The van der Waals surface area contributed by atoms with Gasteiger partial charge in [-0.15, -0.1) is 12.4 Å². The Hall–Kier alpha value is -3.24. The number of hydrogen-bond donors (Lipinski definition) is 0. The summed E-state index contributed by atoms with van der Waals surface area (Å²) in [5.41, 5.74) is 6.57. The molecule has 0 unspecified atom stereocenters. The minimum atomic E-state index is 0.907. The zero-order valence-corrected chi connectivity index (χ0v) is 17.4. The molecule has 2 aromatic carbocycles. The second kappa shape index (κ2) is 13.0. The van der Waals surface area contributed by atoms with E-state index in [0.717, 1.165) is 26.4 Å². The number of hydrogen-bond acceptors (Lipinski definition) is 0. The van der Waals surface area contributed by atoms with Gasteiger partial charge in [-0.25, -0.2) is 0 Å². The van der Waals surface area contributed by atoms with Crippen molar-refractivity contribution in [3.8, 4) is 12.3 Å². The number of allylic oxidation sites excluding steroid dienone is 7. The predicted molar refractivity (Wildman–Crippen MR) is 132 cm³/mol. The van der Waals surface area contributed by atoms with Crippen molar-refractivity contribution >= 4 is 18.9 Å². The van der Waals surface area contributed by atoms with Gasteiger partial charge in [-0.05, 0) is 48.1 Å². The van der Waals surface area contributed by atoms with Gasteiger partial charge in [0, 0.05) is 0 Å². The third-order valence-electron chi connectivity index (χ3n) is 4.66. The van der Waals surface area contributed by atoms with E-state index >= 15 is 0 Å². The molecule has 144 valence electrons. The molecule has 0 fully saturated rings. The fraction of sp³-hybridized carbons (Fsp3) is 0.143. The third kappa shape index (κ3) is 8.12.